The number of terminal acetylenes is 1. The van der Waals surface area contributed by atoms with Crippen molar-refractivity contribution in [3.8, 4) is 12.3 Å². The Bertz CT molecular complexity index is 324. The van der Waals surface area contributed by atoms with Crippen LogP contribution in [0.3, 0.4) is 0 Å². The summed E-state index contributed by atoms with van der Waals surface area (Å²) in [6.07, 6.45) is -7.80. The minimum absolute atomic E-state index is 0.00371. The molecule has 0 aliphatic carbocycles. The van der Waals surface area contributed by atoms with Gasteiger partial charge in [0.15, 0.2) is 0 Å². The SMILES string of the molecule is C#CCCCOC(=O)C(O)(C(F)(F)F)C(F)(F)F. The zero-order valence-corrected chi connectivity index (χ0v) is 8.73. The predicted octanol–water partition coefficient (Wildman–Crippen LogP) is 1.80. The Kier molecular flexibility index (Phi) is 5.04. The number of hydrogen-bond acceptors (Lipinski definition) is 3. The second kappa shape index (κ2) is 5.48. The topological polar surface area (TPSA) is 46.5 Å². The molecule has 9 heteroatoms. The van der Waals surface area contributed by atoms with E-state index in [0.29, 0.717) is 0 Å². The van der Waals surface area contributed by atoms with Gasteiger partial charge in [-0.3, -0.25) is 0 Å². The zero-order valence-electron chi connectivity index (χ0n) is 8.73. The van der Waals surface area contributed by atoms with Crippen molar-refractivity contribution in [1.29, 1.82) is 0 Å². The molecule has 1 N–H and O–H groups in total. The van der Waals surface area contributed by atoms with Crippen LogP contribution in [0.25, 0.3) is 0 Å². The maximum absolute atomic E-state index is 12.1. The molecule has 3 nitrogen and oxygen atoms in total. The Hall–Kier alpha value is -1.43. The van der Waals surface area contributed by atoms with Crippen molar-refractivity contribution in [3.63, 3.8) is 0 Å². The van der Waals surface area contributed by atoms with Crippen molar-refractivity contribution < 1.29 is 41.0 Å². The molecule has 0 atom stereocenters. The standard InChI is InChI=1S/C9H8F6O3/c1-2-3-4-5-18-6(16)7(17,8(10,11)12)9(13,14)15/h1,17H,3-5H2. The number of unbranched alkanes of at least 4 members (excludes halogenated alkanes) is 1. The lowest BCUT2D eigenvalue weighted by atomic mass is 10.0. The van der Waals surface area contributed by atoms with E-state index in [1.807, 2.05) is 5.92 Å². The van der Waals surface area contributed by atoms with Crippen molar-refractivity contribution in [2.75, 3.05) is 6.61 Å². The molecule has 0 saturated carbocycles. The highest BCUT2D eigenvalue weighted by molar-refractivity contribution is 5.81. The van der Waals surface area contributed by atoms with Crippen molar-refractivity contribution in [3.05, 3.63) is 0 Å². The molecular weight excluding hydrogens is 270 g/mol. The first-order valence-corrected chi connectivity index (χ1v) is 4.45. The first kappa shape index (κ1) is 16.6. The first-order valence-electron chi connectivity index (χ1n) is 4.45. The van der Waals surface area contributed by atoms with Gasteiger partial charge in [-0.2, -0.15) is 26.3 Å². The number of carbonyl (C=O) groups is 1. The molecule has 0 heterocycles. The summed E-state index contributed by atoms with van der Waals surface area (Å²) in [6, 6.07) is 0. The molecule has 0 aromatic heterocycles. The second-order valence-electron chi connectivity index (χ2n) is 3.15. The van der Waals surface area contributed by atoms with Crippen molar-refractivity contribution in [2.24, 2.45) is 0 Å². The lowest BCUT2D eigenvalue weighted by Gasteiger charge is -2.29. The van der Waals surface area contributed by atoms with Crippen LogP contribution in [0.2, 0.25) is 0 Å². The molecule has 0 radical (unpaired) electrons. The molecule has 0 amide bonds. The summed E-state index contributed by atoms with van der Waals surface area (Å²) in [5, 5.41) is 8.54. The van der Waals surface area contributed by atoms with Gasteiger partial charge in [-0.15, -0.1) is 12.3 Å². The van der Waals surface area contributed by atoms with E-state index in [1.54, 1.807) is 0 Å². The molecule has 0 aliphatic heterocycles. The molecule has 0 aromatic carbocycles. The van der Waals surface area contributed by atoms with E-state index in [1.165, 1.54) is 0 Å². The van der Waals surface area contributed by atoms with Gasteiger partial charge < -0.3 is 9.84 Å². The van der Waals surface area contributed by atoms with Gasteiger partial charge in [0.2, 0.25) is 0 Å². The Morgan fingerprint density at radius 3 is 1.94 bits per heavy atom. The van der Waals surface area contributed by atoms with E-state index in [2.05, 4.69) is 4.74 Å². The predicted molar refractivity (Wildman–Crippen MR) is 46.1 cm³/mol. The summed E-state index contributed by atoms with van der Waals surface area (Å²) in [6.45, 7) is -0.752. The lowest BCUT2D eigenvalue weighted by molar-refractivity contribution is -0.356. The quantitative estimate of drug-likeness (QED) is 0.369. The third-order valence-electron chi connectivity index (χ3n) is 1.81. The van der Waals surface area contributed by atoms with E-state index in [0.717, 1.165) is 0 Å². The van der Waals surface area contributed by atoms with Gasteiger partial charge >= 0.3 is 23.9 Å². The monoisotopic (exact) mass is 278 g/mol. The zero-order chi connectivity index (χ0) is 14.6. The normalized spacial score (nSPS) is 13.0. The molecule has 0 fully saturated rings. The van der Waals surface area contributed by atoms with Gasteiger partial charge in [-0.05, 0) is 6.42 Å². The van der Waals surface area contributed by atoms with E-state index in [9.17, 15) is 31.1 Å². The number of ether oxygens (including phenoxy) is 1. The van der Waals surface area contributed by atoms with E-state index >= 15 is 0 Å². The van der Waals surface area contributed by atoms with Gasteiger partial charge in [-0.1, -0.05) is 0 Å². The number of aliphatic hydroxyl groups is 1. The van der Waals surface area contributed by atoms with E-state index in [4.69, 9.17) is 11.5 Å². The Labute approximate surface area is 97.7 Å². The van der Waals surface area contributed by atoms with Crippen LogP contribution in [0.5, 0.6) is 0 Å². The van der Waals surface area contributed by atoms with E-state index < -0.39 is 30.5 Å². The summed E-state index contributed by atoms with van der Waals surface area (Å²) in [5.74, 6) is -0.777. The Balaban J connectivity index is 4.92. The fourth-order valence-electron chi connectivity index (χ4n) is 0.836. The third-order valence-corrected chi connectivity index (χ3v) is 1.81. The molecule has 0 bridgehead atoms. The second-order valence-corrected chi connectivity index (χ2v) is 3.15. The van der Waals surface area contributed by atoms with Crippen molar-refractivity contribution >= 4 is 5.97 Å². The number of rotatable bonds is 4. The number of carbonyl (C=O) groups excluding carboxylic acids is 1. The van der Waals surface area contributed by atoms with Crippen LogP contribution in [0, 0.1) is 12.3 Å². The Morgan fingerprint density at radius 1 is 1.17 bits per heavy atom. The highest BCUT2D eigenvalue weighted by Crippen LogP contribution is 2.43. The summed E-state index contributed by atoms with van der Waals surface area (Å²) < 4.78 is 76.5. The van der Waals surface area contributed by atoms with Crippen LogP contribution in [-0.2, 0) is 9.53 Å². The summed E-state index contributed by atoms with van der Waals surface area (Å²) in [5.41, 5.74) is -5.53. The van der Waals surface area contributed by atoms with Crippen molar-refractivity contribution in [1.82, 2.24) is 0 Å². The molecule has 0 rings (SSSR count). The van der Waals surface area contributed by atoms with Gasteiger partial charge in [0.05, 0.1) is 6.61 Å². The molecule has 0 unspecified atom stereocenters. The Morgan fingerprint density at radius 2 is 1.61 bits per heavy atom. The maximum Gasteiger partial charge on any atom is 0.437 e. The van der Waals surface area contributed by atoms with Crippen molar-refractivity contribution in [2.45, 2.75) is 30.8 Å². The number of alkyl halides is 6. The smallest absolute Gasteiger partial charge is 0.437 e. The number of esters is 1. The summed E-state index contributed by atoms with van der Waals surface area (Å²) in [4.78, 5) is 10.8. The fourth-order valence-corrected chi connectivity index (χ4v) is 0.836. The number of halogens is 6. The largest absolute Gasteiger partial charge is 0.463 e. The minimum Gasteiger partial charge on any atom is -0.463 e. The molecule has 0 aliphatic rings. The molecule has 104 valence electrons. The van der Waals surface area contributed by atoms with Gasteiger partial charge in [0, 0.05) is 6.42 Å². The lowest BCUT2D eigenvalue weighted by Crippen LogP contribution is -2.63. The van der Waals surface area contributed by atoms with Gasteiger partial charge in [-0.25, -0.2) is 4.79 Å². The van der Waals surface area contributed by atoms with Crippen LogP contribution in [0.4, 0.5) is 26.3 Å². The minimum atomic E-state index is -6.23. The van der Waals surface area contributed by atoms with Crippen LogP contribution >= 0.6 is 0 Å². The highest BCUT2D eigenvalue weighted by Gasteiger charge is 2.76. The number of hydrogen-bond donors (Lipinski definition) is 1. The average molecular weight is 278 g/mol. The maximum atomic E-state index is 12.1. The molecule has 0 saturated heterocycles. The van der Waals surface area contributed by atoms with Crippen LogP contribution in [0.15, 0.2) is 0 Å². The summed E-state index contributed by atoms with van der Waals surface area (Å²) in [7, 11) is 0. The third kappa shape index (κ3) is 3.29. The fraction of sp³-hybridized carbons (Fsp3) is 0.667. The van der Waals surface area contributed by atoms with Gasteiger partial charge in [0.1, 0.15) is 0 Å². The molecule has 18 heavy (non-hydrogen) atoms. The van der Waals surface area contributed by atoms with Crippen LogP contribution in [0.1, 0.15) is 12.8 Å². The molecular formula is C9H8F6O3. The molecule has 0 spiro atoms. The first-order chi connectivity index (χ1) is 7.98. The molecule has 0 aromatic rings. The van der Waals surface area contributed by atoms with Crippen LogP contribution in [-0.4, -0.2) is 35.6 Å². The van der Waals surface area contributed by atoms with Crippen LogP contribution < -0.4 is 0 Å². The van der Waals surface area contributed by atoms with Gasteiger partial charge in [0.25, 0.3) is 0 Å². The summed E-state index contributed by atoms with van der Waals surface area (Å²) >= 11 is 0. The highest BCUT2D eigenvalue weighted by atomic mass is 19.4. The van der Waals surface area contributed by atoms with E-state index in [-0.39, 0.29) is 12.8 Å². The average Bonchev–Trinajstić information content (AvgIpc) is 2.19.